The van der Waals surface area contributed by atoms with Gasteiger partial charge in [0.2, 0.25) is 0 Å². The van der Waals surface area contributed by atoms with E-state index in [-0.39, 0.29) is 35.4 Å². The molecule has 0 saturated heterocycles. The van der Waals surface area contributed by atoms with Gasteiger partial charge in [-0.2, -0.15) is 18.3 Å². The second-order valence-electron chi connectivity index (χ2n) is 9.31. The molecule has 3 N–H and O–H groups in total. The number of hydrogen-bond donors (Lipinski definition) is 3. The Morgan fingerprint density at radius 3 is 2.55 bits per heavy atom. The number of amides is 1. The quantitative estimate of drug-likeness (QED) is 0.524. The Morgan fingerprint density at radius 1 is 1.12 bits per heavy atom. The maximum atomic E-state index is 13.1. The number of carbonyl (C=O) groups excluding carboxylic acids is 1. The smallest absolute Gasteiger partial charge is 0.416 e. The number of H-pyrrole nitrogens is 1. The Hall–Kier alpha value is -3.36. The van der Waals surface area contributed by atoms with E-state index in [1.807, 2.05) is 0 Å². The molecule has 2 aliphatic rings. The number of aliphatic carboxylic acids is 1. The van der Waals surface area contributed by atoms with Gasteiger partial charge in [0.05, 0.1) is 17.0 Å². The average molecular weight is 457 g/mol. The lowest BCUT2D eigenvalue weighted by Gasteiger charge is -2.56. The van der Waals surface area contributed by atoms with Gasteiger partial charge in [-0.1, -0.05) is 30.3 Å². The van der Waals surface area contributed by atoms with Gasteiger partial charge in [-0.05, 0) is 60.8 Å². The fourth-order valence-corrected chi connectivity index (χ4v) is 5.37. The number of aromatic amines is 1. The molecule has 0 unspecified atom stereocenters. The molecule has 0 aliphatic heterocycles. The Balaban J connectivity index is 1.32. The highest BCUT2D eigenvalue weighted by Gasteiger charge is 2.55. The Morgan fingerprint density at radius 2 is 1.85 bits per heavy atom. The van der Waals surface area contributed by atoms with Gasteiger partial charge in [0.25, 0.3) is 5.91 Å². The topological polar surface area (TPSA) is 95.1 Å². The van der Waals surface area contributed by atoms with Gasteiger partial charge in [0, 0.05) is 11.4 Å². The van der Waals surface area contributed by atoms with Crippen LogP contribution in [-0.4, -0.2) is 33.2 Å². The number of nitrogens with zero attached hydrogens (tertiary/aromatic N) is 1. The largest absolute Gasteiger partial charge is 0.481 e. The minimum atomic E-state index is -4.42. The number of carboxylic acid groups (broad SMARTS) is 1. The number of benzene rings is 2. The van der Waals surface area contributed by atoms with Crippen molar-refractivity contribution in [2.75, 3.05) is 0 Å². The molecule has 172 valence electrons. The van der Waals surface area contributed by atoms with Crippen LogP contribution in [0.5, 0.6) is 0 Å². The molecule has 0 radical (unpaired) electrons. The molecule has 2 fully saturated rings. The second-order valence-corrected chi connectivity index (χ2v) is 9.31. The number of alkyl halides is 3. The standard InChI is InChI=1S/C24H22F3N3O3/c25-24(26,27)16-5-1-3-13(8-16)7-14-4-2-6-18-19(14)20(30-29-18)21(31)28-17-11-23(12-17)9-15(10-23)22(32)33/h1-6,8,15,17H,7,9-12H2,(H,28,31)(H,29,30)(H,32,33). The lowest BCUT2D eigenvalue weighted by atomic mass is 9.50. The highest BCUT2D eigenvalue weighted by Crippen LogP contribution is 2.58. The zero-order valence-corrected chi connectivity index (χ0v) is 17.6. The molecule has 1 aromatic heterocycles. The molecule has 5 rings (SSSR count). The van der Waals surface area contributed by atoms with Crippen LogP contribution in [0.3, 0.4) is 0 Å². The third-order valence-electron chi connectivity index (χ3n) is 6.94. The third-order valence-corrected chi connectivity index (χ3v) is 6.94. The number of carboxylic acids is 1. The first kappa shape index (κ1) is 21.5. The van der Waals surface area contributed by atoms with E-state index < -0.39 is 17.7 Å². The van der Waals surface area contributed by atoms with E-state index >= 15 is 0 Å². The van der Waals surface area contributed by atoms with E-state index in [1.165, 1.54) is 6.07 Å². The van der Waals surface area contributed by atoms with Crippen molar-refractivity contribution in [1.29, 1.82) is 0 Å². The molecule has 9 heteroatoms. The molecule has 2 aliphatic carbocycles. The zero-order valence-electron chi connectivity index (χ0n) is 17.6. The number of hydrogen-bond acceptors (Lipinski definition) is 3. The van der Waals surface area contributed by atoms with Crippen LogP contribution in [0.1, 0.15) is 52.9 Å². The average Bonchev–Trinajstić information content (AvgIpc) is 3.13. The highest BCUT2D eigenvalue weighted by molar-refractivity contribution is 6.06. The van der Waals surface area contributed by atoms with Crippen LogP contribution in [-0.2, 0) is 17.4 Å². The molecule has 1 amide bonds. The highest BCUT2D eigenvalue weighted by atomic mass is 19.4. The SMILES string of the molecule is O=C(NC1CC2(C1)CC(C(=O)O)C2)c1n[nH]c2cccc(Cc3cccc(C(F)(F)F)c3)c12. The minimum Gasteiger partial charge on any atom is -0.481 e. The van der Waals surface area contributed by atoms with E-state index in [0.717, 1.165) is 25.0 Å². The van der Waals surface area contributed by atoms with Gasteiger partial charge in [-0.3, -0.25) is 14.7 Å². The molecule has 2 saturated carbocycles. The van der Waals surface area contributed by atoms with Crippen molar-refractivity contribution in [3.8, 4) is 0 Å². The first-order valence-corrected chi connectivity index (χ1v) is 10.8. The molecule has 0 atom stereocenters. The summed E-state index contributed by atoms with van der Waals surface area (Å²) >= 11 is 0. The van der Waals surface area contributed by atoms with Gasteiger partial charge < -0.3 is 10.4 Å². The van der Waals surface area contributed by atoms with Crippen molar-refractivity contribution in [2.45, 2.75) is 44.3 Å². The summed E-state index contributed by atoms with van der Waals surface area (Å²) in [4.78, 5) is 24.0. The summed E-state index contributed by atoms with van der Waals surface area (Å²) in [5, 5.41) is 19.7. The summed E-state index contributed by atoms with van der Waals surface area (Å²) in [5.74, 6) is -1.38. The third kappa shape index (κ3) is 3.96. The summed E-state index contributed by atoms with van der Waals surface area (Å²) in [5.41, 5.74) is 1.37. The molecule has 6 nitrogen and oxygen atoms in total. The van der Waals surface area contributed by atoms with Crippen LogP contribution < -0.4 is 5.32 Å². The molecular formula is C24H22F3N3O3. The predicted octanol–water partition coefficient (Wildman–Crippen LogP) is 4.55. The van der Waals surface area contributed by atoms with Crippen molar-refractivity contribution in [2.24, 2.45) is 11.3 Å². The van der Waals surface area contributed by atoms with Crippen molar-refractivity contribution >= 4 is 22.8 Å². The number of rotatable bonds is 5. The van der Waals surface area contributed by atoms with E-state index in [2.05, 4.69) is 15.5 Å². The fraction of sp³-hybridized carbons (Fsp3) is 0.375. The fourth-order valence-electron chi connectivity index (χ4n) is 5.37. The molecule has 3 aromatic rings. The summed E-state index contributed by atoms with van der Waals surface area (Å²) < 4.78 is 39.3. The normalized spacial score (nSPS) is 24.3. The monoisotopic (exact) mass is 457 g/mol. The number of halogens is 3. The molecule has 1 spiro atoms. The lowest BCUT2D eigenvalue weighted by molar-refractivity contribution is -0.155. The zero-order chi connectivity index (χ0) is 23.4. The van der Waals surface area contributed by atoms with Crippen LogP contribution in [0.25, 0.3) is 10.9 Å². The van der Waals surface area contributed by atoms with Crippen LogP contribution in [0.4, 0.5) is 13.2 Å². The first-order chi connectivity index (χ1) is 15.6. The van der Waals surface area contributed by atoms with Crippen molar-refractivity contribution in [3.05, 3.63) is 64.8 Å². The van der Waals surface area contributed by atoms with Crippen molar-refractivity contribution < 1.29 is 27.9 Å². The maximum Gasteiger partial charge on any atom is 0.416 e. The van der Waals surface area contributed by atoms with Gasteiger partial charge in [-0.25, -0.2) is 0 Å². The Labute approximate surface area is 187 Å². The summed E-state index contributed by atoms with van der Waals surface area (Å²) in [7, 11) is 0. The molecule has 0 bridgehead atoms. The van der Waals surface area contributed by atoms with Gasteiger partial charge >= 0.3 is 12.1 Å². The number of nitrogens with one attached hydrogen (secondary N) is 2. The van der Waals surface area contributed by atoms with E-state index in [9.17, 15) is 22.8 Å². The lowest BCUT2D eigenvalue weighted by Crippen LogP contribution is -2.57. The predicted molar refractivity (Wildman–Crippen MR) is 114 cm³/mol. The summed E-state index contributed by atoms with van der Waals surface area (Å²) in [6.07, 6.45) is -1.38. The second kappa shape index (κ2) is 7.60. The minimum absolute atomic E-state index is 0.0311. The Kier molecular flexibility index (Phi) is 4.95. The first-order valence-electron chi connectivity index (χ1n) is 10.8. The van der Waals surface area contributed by atoms with Gasteiger partial charge in [-0.15, -0.1) is 0 Å². The van der Waals surface area contributed by atoms with Crippen LogP contribution >= 0.6 is 0 Å². The summed E-state index contributed by atoms with van der Waals surface area (Å²) in [6.45, 7) is 0. The van der Waals surface area contributed by atoms with Crippen LogP contribution in [0.2, 0.25) is 0 Å². The molecule has 1 heterocycles. The van der Waals surface area contributed by atoms with Crippen LogP contribution in [0, 0.1) is 11.3 Å². The number of carbonyl (C=O) groups is 2. The van der Waals surface area contributed by atoms with Crippen molar-refractivity contribution in [3.63, 3.8) is 0 Å². The maximum absolute atomic E-state index is 13.1. The van der Waals surface area contributed by atoms with Gasteiger partial charge in [0.15, 0.2) is 5.69 Å². The molecular weight excluding hydrogens is 435 g/mol. The molecule has 33 heavy (non-hydrogen) atoms. The summed E-state index contributed by atoms with van der Waals surface area (Å²) in [6, 6.07) is 10.5. The molecule has 2 aromatic carbocycles. The van der Waals surface area contributed by atoms with Crippen molar-refractivity contribution in [1.82, 2.24) is 15.5 Å². The van der Waals surface area contributed by atoms with E-state index in [0.29, 0.717) is 34.9 Å². The van der Waals surface area contributed by atoms with Gasteiger partial charge in [0.1, 0.15) is 0 Å². The Bertz CT molecular complexity index is 1240. The number of aromatic nitrogens is 2. The van der Waals surface area contributed by atoms with Crippen LogP contribution in [0.15, 0.2) is 42.5 Å². The van der Waals surface area contributed by atoms with E-state index in [1.54, 1.807) is 24.3 Å². The number of fused-ring (bicyclic) bond motifs is 1. The van der Waals surface area contributed by atoms with E-state index in [4.69, 9.17) is 5.11 Å².